The van der Waals surface area contributed by atoms with E-state index in [4.69, 9.17) is 14.1 Å². The number of aromatic nitrogens is 2. The second-order valence-corrected chi connectivity index (χ2v) is 7.66. The van der Waals surface area contributed by atoms with Gasteiger partial charge in [-0.2, -0.15) is 0 Å². The summed E-state index contributed by atoms with van der Waals surface area (Å²) < 4.78 is 13.4. The Labute approximate surface area is 181 Å². The first-order valence-corrected chi connectivity index (χ1v) is 10.4. The van der Waals surface area contributed by atoms with Gasteiger partial charge >= 0.3 is 5.97 Å². The van der Waals surface area contributed by atoms with E-state index in [0.717, 1.165) is 39.0 Å². The molecule has 0 saturated heterocycles. The average Bonchev–Trinajstić information content (AvgIpc) is 3.31. The predicted molar refractivity (Wildman–Crippen MR) is 119 cm³/mol. The van der Waals surface area contributed by atoms with Gasteiger partial charge in [-0.3, -0.25) is 0 Å². The van der Waals surface area contributed by atoms with Crippen molar-refractivity contribution in [3.05, 3.63) is 77.3 Å². The first-order valence-electron chi connectivity index (χ1n) is 10.4. The van der Waals surface area contributed by atoms with E-state index in [0.29, 0.717) is 25.5 Å². The lowest BCUT2D eigenvalue weighted by molar-refractivity contribution is -0.149. The fourth-order valence-electron chi connectivity index (χ4n) is 3.81. The molecule has 0 aliphatic carbocycles. The van der Waals surface area contributed by atoms with Crippen LogP contribution in [-0.4, -0.2) is 33.3 Å². The van der Waals surface area contributed by atoms with Crippen LogP contribution in [0.3, 0.4) is 0 Å². The lowest BCUT2D eigenvalue weighted by Gasteiger charge is -2.12. The molecule has 1 N–H and O–H groups in total. The van der Waals surface area contributed by atoms with Crippen molar-refractivity contribution in [1.82, 2.24) is 9.55 Å². The number of carboxylic acids is 1. The smallest absolute Gasteiger partial charge is 0.333 e. The van der Waals surface area contributed by atoms with Crippen LogP contribution < -0.4 is 0 Å². The van der Waals surface area contributed by atoms with Gasteiger partial charge in [0.15, 0.2) is 6.10 Å². The summed E-state index contributed by atoms with van der Waals surface area (Å²) in [4.78, 5) is 16.1. The van der Waals surface area contributed by atoms with Crippen LogP contribution in [0.25, 0.3) is 22.4 Å². The molecule has 2 heterocycles. The fourth-order valence-corrected chi connectivity index (χ4v) is 3.81. The van der Waals surface area contributed by atoms with E-state index >= 15 is 0 Å². The van der Waals surface area contributed by atoms with E-state index in [-0.39, 0.29) is 0 Å². The second kappa shape index (κ2) is 8.78. The number of carboxylic acid groups (broad SMARTS) is 1. The molecule has 31 heavy (non-hydrogen) atoms. The fraction of sp³-hybridized carbons (Fsp3) is 0.280. The zero-order chi connectivity index (χ0) is 22.0. The summed E-state index contributed by atoms with van der Waals surface area (Å²) >= 11 is 0. The Morgan fingerprint density at radius 1 is 1.19 bits per heavy atom. The molecular weight excluding hydrogens is 392 g/mol. The molecule has 2 aromatic carbocycles. The van der Waals surface area contributed by atoms with Gasteiger partial charge in [0, 0.05) is 30.3 Å². The number of ether oxygens (including phenoxy) is 1. The molecule has 0 saturated carbocycles. The third kappa shape index (κ3) is 4.39. The highest BCUT2D eigenvalue weighted by atomic mass is 16.5. The maximum atomic E-state index is 11.4. The predicted octanol–water partition coefficient (Wildman–Crippen LogP) is 4.99. The highest BCUT2D eigenvalue weighted by Gasteiger charge is 2.19. The number of aliphatic carboxylic acids is 1. The quantitative estimate of drug-likeness (QED) is 0.436. The van der Waals surface area contributed by atoms with E-state index in [9.17, 15) is 9.90 Å². The molecule has 0 aliphatic heterocycles. The molecule has 6 heteroatoms. The summed E-state index contributed by atoms with van der Waals surface area (Å²) in [6, 6.07) is 16.1. The van der Waals surface area contributed by atoms with Gasteiger partial charge in [-0.05, 0) is 61.5 Å². The van der Waals surface area contributed by atoms with Crippen molar-refractivity contribution >= 4 is 16.9 Å². The van der Waals surface area contributed by atoms with E-state index in [2.05, 4.69) is 4.57 Å². The van der Waals surface area contributed by atoms with E-state index in [1.54, 1.807) is 6.92 Å². The molecule has 1 atom stereocenters. The lowest BCUT2D eigenvalue weighted by atomic mass is 10.1. The first kappa shape index (κ1) is 20.9. The molecule has 4 aromatic rings. The number of benzene rings is 2. The SMILES string of the molecule is CCOC(Cc1ccc2c(ccn2Cc2nc(-c3ccccc3C)oc2C)c1)C(=O)O. The average molecular weight is 418 g/mol. The Morgan fingerprint density at radius 2 is 2.00 bits per heavy atom. The zero-order valence-electron chi connectivity index (χ0n) is 18.0. The van der Waals surface area contributed by atoms with Crippen molar-refractivity contribution < 1.29 is 19.1 Å². The maximum absolute atomic E-state index is 11.4. The number of nitrogens with zero attached hydrogens (tertiary/aromatic N) is 2. The summed E-state index contributed by atoms with van der Waals surface area (Å²) in [6.07, 6.45) is 1.53. The summed E-state index contributed by atoms with van der Waals surface area (Å²) in [5.41, 5.74) is 5.02. The molecule has 1 unspecified atom stereocenters. The topological polar surface area (TPSA) is 77.5 Å². The van der Waals surface area contributed by atoms with Crippen LogP contribution in [-0.2, 0) is 22.5 Å². The summed E-state index contributed by atoms with van der Waals surface area (Å²) in [5.74, 6) is 0.503. The normalized spacial score (nSPS) is 12.4. The molecule has 0 spiro atoms. The summed E-state index contributed by atoms with van der Waals surface area (Å²) in [5, 5.41) is 10.4. The number of hydrogen-bond acceptors (Lipinski definition) is 4. The molecule has 2 aromatic heterocycles. The van der Waals surface area contributed by atoms with Crippen molar-refractivity contribution in [2.24, 2.45) is 0 Å². The van der Waals surface area contributed by atoms with Gasteiger partial charge < -0.3 is 18.8 Å². The van der Waals surface area contributed by atoms with E-state index in [1.807, 2.05) is 68.6 Å². The highest BCUT2D eigenvalue weighted by Crippen LogP contribution is 2.26. The van der Waals surface area contributed by atoms with Crippen LogP contribution in [0.1, 0.15) is 29.5 Å². The van der Waals surface area contributed by atoms with Crippen LogP contribution >= 0.6 is 0 Å². The summed E-state index contributed by atoms with van der Waals surface area (Å²) in [7, 11) is 0. The minimum absolute atomic E-state index is 0.340. The first-order chi connectivity index (χ1) is 15.0. The number of rotatable bonds is 8. The molecular formula is C25H26N2O4. The molecule has 0 aliphatic rings. The monoisotopic (exact) mass is 418 g/mol. The van der Waals surface area contributed by atoms with Gasteiger partial charge in [-0.25, -0.2) is 9.78 Å². The van der Waals surface area contributed by atoms with Crippen LogP contribution in [0, 0.1) is 13.8 Å². The van der Waals surface area contributed by atoms with Crippen molar-refractivity contribution in [2.75, 3.05) is 6.61 Å². The van der Waals surface area contributed by atoms with Gasteiger partial charge in [0.25, 0.3) is 0 Å². The van der Waals surface area contributed by atoms with Gasteiger partial charge in [-0.1, -0.05) is 24.3 Å². The Hall–Kier alpha value is -3.38. The molecule has 0 fully saturated rings. The Kier molecular flexibility index (Phi) is 5.91. The van der Waals surface area contributed by atoms with Crippen LogP contribution in [0.15, 0.2) is 59.1 Å². The van der Waals surface area contributed by atoms with Gasteiger partial charge in [-0.15, -0.1) is 0 Å². The molecule has 4 rings (SSSR count). The van der Waals surface area contributed by atoms with Gasteiger partial charge in [0.2, 0.25) is 5.89 Å². The Bertz CT molecular complexity index is 1220. The number of oxazole rings is 1. The molecule has 160 valence electrons. The van der Waals surface area contributed by atoms with Crippen molar-refractivity contribution in [3.8, 4) is 11.5 Å². The molecule has 0 amide bonds. The van der Waals surface area contributed by atoms with Crippen molar-refractivity contribution in [3.63, 3.8) is 0 Å². The standard InChI is InChI=1S/C25H26N2O4/c1-4-30-23(25(28)29)14-18-9-10-22-19(13-18)11-12-27(22)15-21-17(3)31-24(26-21)20-8-6-5-7-16(20)2/h5-13,23H,4,14-15H2,1-3H3,(H,28,29). The number of carbonyl (C=O) groups is 1. The highest BCUT2D eigenvalue weighted by molar-refractivity contribution is 5.81. The minimum atomic E-state index is -0.939. The van der Waals surface area contributed by atoms with Gasteiger partial charge in [0.05, 0.1) is 6.54 Å². The Balaban J connectivity index is 1.57. The van der Waals surface area contributed by atoms with E-state index in [1.165, 1.54) is 0 Å². The Morgan fingerprint density at radius 3 is 2.74 bits per heavy atom. The van der Waals surface area contributed by atoms with Crippen LogP contribution in [0.4, 0.5) is 0 Å². The molecule has 6 nitrogen and oxygen atoms in total. The second-order valence-electron chi connectivity index (χ2n) is 7.66. The zero-order valence-corrected chi connectivity index (χ0v) is 18.0. The number of aryl methyl sites for hydroxylation is 2. The minimum Gasteiger partial charge on any atom is -0.479 e. The molecule has 0 radical (unpaired) electrons. The van der Waals surface area contributed by atoms with Crippen LogP contribution in [0.5, 0.6) is 0 Å². The van der Waals surface area contributed by atoms with Gasteiger partial charge in [0.1, 0.15) is 11.5 Å². The third-order valence-electron chi connectivity index (χ3n) is 5.49. The number of hydrogen-bond donors (Lipinski definition) is 1. The van der Waals surface area contributed by atoms with Crippen molar-refractivity contribution in [2.45, 2.75) is 39.8 Å². The summed E-state index contributed by atoms with van der Waals surface area (Å²) in [6.45, 7) is 6.76. The van der Waals surface area contributed by atoms with Crippen LogP contribution in [0.2, 0.25) is 0 Å². The maximum Gasteiger partial charge on any atom is 0.333 e. The lowest BCUT2D eigenvalue weighted by Crippen LogP contribution is -2.26. The van der Waals surface area contributed by atoms with Crippen molar-refractivity contribution in [1.29, 1.82) is 0 Å². The largest absolute Gasteiger partial charge is 0.479 e. The van der Waals surface area contributed by atoms with E-state index < -0.39 is 12.1 Å². The third-order valence-corrected chi connectivity index (χ3v) is 5.49. The molecule has 0 bridgehead atoms. The number of fused-ring (bicyclic) bond motifs is 1.